The van der Waals surface area contributed by atoms with Gasteiger partial charge in [-0.3, -0.25) is 0 Å². The molecule has 0 N–H and O–H groups in total. The molecule has 0 spiro atoms. The van der Waals surface area contributed by atoms with E-state index in [2.05, 4.69) is 6.58 Å². The second-order valence-corrected chi connectivity index (χ2v) is 2.08. The molecular weight excluding hydrogens is 157 g/mol. The van der Waals surface area contributed by atoms with Crippen molar-refractivity contribution in [3.8, 4) is 0 Å². The molecule has 0 saturated carbocycles. The van der Waals surface area contributed by atoms with Crippen molar-refractivity contribution in [2.75, 3.05) is 0 Å². The fraction of sp³-hybridized carbons (Fsp3) is 0.250. The van der Waals surface area contributed by atoms with E-state index in [9.17, 15) is 4.79 Å². The summed E-state index contributed by atoms with van der Waals surface area (Å²) in [5.41, 5.74) is 0.643. The Bertz CT molecular complexity index is 73.5. The number of carbonyl (C=O) groups excluding carboxylic acids is 1. The van der Waals surface area contributed by atoms with Crippen molar-refractivity contribution < 1.29 is 25.9 Å². The first kappa shape index (κ1) is 6.15. The van der Waals surface area contributed by atoms with Gasteiger partial charge in [-0.15, -0.1) is 0 Å². The number of rotatable bonds is 1. The van der Waals surface area contributed by atoms with Gasteiger partial charge in [0.1, 0.15) is 0 Å². The van der Waals surface area contributed by atoms with Gasteiger partial charge in [-0.05, 0) is 0 Å². The molecule has 0 radical (unpaired) electrons. The Hall–Kier alpha value is 0.150. The van der Waals surface area contributed by atoms with E-state index in [1.54, 1.807) is 6.92 Å². The summed E-state index contributed by atoms with van der Waals surface area (Å²) >= 11 is 1.18. The fourth-order valence-electron chi connectivity index (χ4n) is 0. The Balaban J connectivity index is 3.57. The summed E-state index contributed by atoms with van der Waals surface area (Å²) in [5, 5.41) is 0. The maximum atomic E-state index is 10.1. The monoisotopic (exact) mass is 162 g/mol. The van der Waals surface area contributed by atoms with E-state index in [1.165, 1.54) is 21.1 Å². The summed E-state index contributed by atoms with van der Waals surface area (Å²) < 4.78 is 0.115. The van der Waals surface area contributed by atoms with Crippen LogP contribution >= 0.6 is 0 Å². The molecule has 0 fully saturated rings. The van der Waals surface area contributed by atoms with Crippen LogP contribution in [0.5, 0.6) is 0 Å². The summed E-state index contributed by atoms with van der Waals surface area (Å²) in [5.74, 6) is 0. The van der Waals surface area contributed by atoms with Crippen molar-refractivity contribution in [3.63, 3.8) is 0 Å². The molecule has 0 aromatic carbocycles. The zero-order valence-corrected chi connectivity index (χ0v) is 5.76. The molecule has 0 saturated heterocycles. The van der Waals surface area contributed by atoms with Gasteiger partial charge < -0.3 is 0 Å². The number of hydrogen-bond donors (Lipinski definition) is 0. The van der Waals surface area contributed by atoms with Crippen LogP contribution in [0.2, 0.25) is 0 Å². The van der Waals surface area contributed by atoms with Crippen molar-refractivity contribution in [3.05, 3.63) is 12.2 Å². The summed E-state index contributed by atoms with van der Waals surface area (Å²) in [6.07, 6.45) is 0. The Morgan fingerprint density at radius 2 is 2.00 bits per heavy atom. The van der Waals surface area contributed by atoms with Gasteiger partial charge in [0.2, 0.25) is 0 Å². The Labute approximate surface area is 49.3 Å². The Morgan fingerprint density at radius 1 is 1.83 bits per heavy atom. The fourth-order valence-corrected chi connectivity index (χ4v) is 0. The average molecular weight is 162 g/mol. The standard InChI is InChI=1S/C4H5O.Nb/c1-4(2)3-5;/h1H2,2H3;. The minimum atomic E-state index is 0.115. The molecule has 0 aliphatic heterocycles. The second-order valence-electron chi connectivity index (χ2n) is 1.09. The van der Waals surface area contributed by atoms with Crippen LogP contribution in [0.3, 0.4) is 0 Å². The van der Waals surface area contributed by atoms with Crippen LogP contribution in [0.15, 0.2) is 12.2 Å². The second kappa shape index (κ2) is 2.35. The van der Waals surface area contributed by atoms with Gasteiger partial charge >= 0.3 is 48.9 Å². The summed E-state index contributed by atoms with van der Waals surface area (Å²) in [7, 11) is 0. The molecule has 0 aliphatic carbocycles. The third-order valence-electron chi connectivity index (χ3n) is 0.365. The first-order valence-corrected chi connectivity index (χ1v) is 2.63. The van der Waals surface area contributed by atoms with Gasteiger partial charge in [-0.25, -0.2) is 0 Å². The predicted molar refractivity (Wildman–Crippen MR) is 19.8 cm³/mol. The zero-order valence-electron chi connectivity index (χ0n) is 3.56. The molecule has 0 bridgehead atoms. The molecule has 1 nitrogen and oxygen atoms in total. The van der Waals surface area contributed by atoms with Crippen LogP contribution in [-0.2, 0) is 25.9 Å². The van der Waals surface area contributed by atoms with E-state index < -0.39 is 0 Å². The van der Waals surface area contributed by atoms with Crippen LogP contribution < -0.4 is 0 Å². The van der Waals surface area contributed by atoms with Crippen molar-refractivity contribution in [1.29, 1.82) is 0 Å². The summed E-state index contributed by atoms with van der Waals surface area (Å²) in [6.45, 7) is 5.13. The van der Waals surface area contributed by atoms with Gasteiger partial charge in [0, 0.05) is 0 Å². The van der Waals surface area contributed by atoms with Gasteiger partial charge in [0.25, 0.3) is 0 Å². The molecule has 0 atom stereocenters. The molecule has 0 unspecified atom stereocenters. The maximum absolute atomic E-state index is 10.1. The number of carbonyl (C=O) groups is 1. The molecule has 6 heavy (non-hydrogen) atoms. The molecule has 0 aliphatic rings. The topological polar surface area (TPSA) is 17.1 Å². The zero-order chi connectivity index (χ0) is 5.15. The average Bonchev–Trinajstić information content (AvgIpc) is 1.36. The van der Waals surface area contributed by atoms with Gasteiger partial charge in [0.15, 0.2) is 0 Å². The van der Waals surface area contributed by atoms with E-state index in [4.69, 9.17) is 0 Å². The molecule has 0 rings (SSSR count). The number of hydrogen-bond acceptors (Lipinski definition) is 1. The Morgan fingerprint density at radius 3 is 2.00 bits per heavy atom. The molecule has 0 amide bonds. The van der Waals surface area contributed by atoms with E-state index in [1.807, 2.05) is 0 Å². The molecule has 0 aromatic heterocycles. The number of allylic oxidation sites excluding steroid dienone is 1. The van der Waals surface area contributed by atoms with Crippen molar-refractivity contribution >= 4 is 4.00 Å². The molecule has 0 aromatic rings. The molecule has 0 heterocycles. The van der Waals surface area contributed by atoms with Crippen LogP contribution in [0, 0.1) is 0 Å². The van der Waals surface area contributed by atoms with Gasteiger partial charge in [0.05, 0.1) is 0 Å². The van der Waals surface area contributed by atoms with E-state index >= 15 is 0 Å². The van der Waals surface area contributed by atoms with Crippen LogP contribution in [0.4, 0.5) is 0 Å². The SMILES string of the molecule is C=C(C)[C](=O)[Nb]. The summed E-state index contributed by atoms with van der Waals surface area (Å²) in [4.78, 5) is 10.1. The van der Waals surface area contributed by atoms with Crippen molar-refractivity contribution in [2.45, 2.75) is 6.92 Å². The minimum absolute atomic E-state index is 0.115. The van der Waals surface area contributed by atoms with E-state index in [-0.39, 0.29) is 4.00 Å². The van der Waals surface area contributed by atoms with Crippen molar-refractivity contribution in [1.82, 2.24) is 0 Å². The predicted octanol–water partition coefficient (Wildman–Crippen LogP) is 0.636. The third kappa shape index (κ3) is 2.39. The van der Waals surface area contributed by atoms with Gasteiger partial charge in [-0.2, -0.15) is 0 Å². The Kier molecular flexibility index (Phi) is 2.40. The quantitative estimate of drug-likeness (QED) is 0.408. The van der Waals surface area contributed by atoms with Gasteiger partial charge in [-0.1, -0.05) is 0 Å². The van der Waals surface area contributed by atoms with Crippen LogP contribution in [-0.4, -0.2) is 4.00 Å². The molecule has 2 heteroatoms. The van der Waals surface area contributed by atoms with Crippen LogP contribution in [0.25, 0.3) is 0 Å². The first-order chi connectivity index (χ1) is 2.64. The van der Waals surface area contributed by atoms with Crippen molar-refractivity contribution in [2.24, 2.45) is 0 Å². The third-order valence-corrected chi connectivity index (χ3v) is 1.30. The summed E-state index contributed by atoms with van der Waals surface area (Å²) in [6, 6.07) is 0. The molecule has 32 valence electrons. The van der Waals surface area contributed by atoms with Crippen LogP contribution in [0.1, 0.15) is 6.92 Å². The molecular formula is C4H5NbO. The van der Waals surface area contributed by atoms with E-state index in [0.717, 1.165) is 0 Å². The van der Waals surface area contributed by atoms with E-state index in [0.29, 0.717) is 5.57 Å². The first-order valence-electron chi connectivity index (χ1n) is 1.53. The normalized spacial score (nSPS) is 7.50.